The van der Waals surface area contributed by atoms with Crippen LogP contribution in [0, 0.1) is 11.2 Å². The van der Waals surface area contributed by atoms with Crippen LogP contribution >= 0.6 is 12.4 Å². The van der Waals surface area contributed by atoms with Crippen molar-refractivity contribution in [2.75, 3.05) is 0 Å². The first kappa shape index (κ1) is 17.9. The SMILES string of the molecule is C[C@H](N)C(=O)NC(c1ccc(F)cc1)C(C)(C)C.Cl. The van der Waals surface area contributed by atoms with E-state index in [1.807, 2.05) is 20.8 Å². The van der Waals surface area contributed by atoms with Crippen molar-refractivity contribution < 1.29 is 9.18 Å². The van der Waals surface area contributed by atoms with E-state index in [4.69, 9.17) is 5.73 Å². The number of carbonyl (C=O) groups excluding carboxylic acids is 1. The minimum Gasteiger partial charge on any atom is -0.347 e. The second-order valence-corrected chi connectivity index (χ2v) is 5.65. The zero-order valence-electron chi connectivity index (χ0n) is 11.7. The van der Waals surface area contributed by atoms with Crippen LogP contribution in [-0.4, -0.2) is 11.9 Å². The Morgan fingerprint density at radius 3 is 2.11 bits per heavy atom. The largest absolute Gasteiger partial charge is 0.347 e. The number of rotatable bonds is 3. The standard InChI is InChI=1S/C14H21FN2O.ClH/c1-9(16)13(18)17-12(14(2,3)4)10-5-7-11(15)8-6-10;/h5-9,12H,16H2,1-4H3,(H,17,18);1H/t9-,12?;/m0./s1. The van der Waals surface area contributed by atoms with E-state index in [-0.39, 0.29) is 35.6 Å². The second-order valence-electron chi connectivity index (χ2n) is 5.65. The van der Waals surface area contributed by atoms with Gasteiger partial charge in [0.05, 0.1) is 12.1 Å². The molecule has 0 saturated carbocycles. The van der Waals surface area contributed by atoms with Crippen LogP contribution in [0.2, 0.25) is 0 Å². The maximum atomic E-state index is 12.9. The van der Waals surface area contributed by atoms with Gasteiger partial charge in [-0.25, -0.2) is 4.39 Å². The summed E-state index contributed by atoms with van der Waals surface area (Å²) in [6, 6.07) is 5.41. The first-order valence-electron chi connectivity index (χ1n) is 6.03. The lowest BCUT2D eigenvalue weighted by Crippen LogP contribution is -2.44. The van der Waals surface area contributed by atoms with E-state index in [1.165, 1.54) is 12.1 Å². The van der Waals surface area contributed by atoms with E-state index in [2.05, 4.69) is 5.32 Å². The molecule has 0 radical (unpaired) electrons. The van der Waals surface area contributed by atoms with Crippen molar-refractivity contribution in [2.45, 2.75) is 39.8 Å². The average molecular weight is 289 g/mol. The van der Waals surface area contributed by atoms with Gasteiger partial charge in [0.1, 0.15) is 5.82 Å². The lowest BCUT2D eigenvalue weighted by Gasteiger charge is -2.32. The minimum absolute atomic E-state index is 0. The predicted octanol–water partition coefficient (Wildman–Crippen LogP) is 2.80. The molecule has 1 unspecified atom stereocenters. The Balaban J connectivity index is 0.00000324. The van der Waals surface area contributed by atoms with Gasteiger partial charge in [-0.2, -0.15) is 0 Å². The molecule has 3 N–H and O–H groups in total. The van der Waals surface area contributed by atoms with Gasteiger partial charge in [-0.1, -0.05) is 32.9 Å². The Morgan fingerprint density at radius 2 is 1.74 bits per heavy atom. The predicted molar refractivity (Wildman–Crippen MR) is 77.6 cm³/mol. The molecule has 0 aliphatic carbocycles. The van der Waals surface area contributed by atoms with Gasteiger partial charge in [0.2, 0.25) is 5.91 Å². The van der Waals surface area contributed by atoms with Crippen molar-refractivity contribution >= 4 is 18.3 Å². The molecular weight excluding hydrogens is 267 g/mol. The van der Waals surface area contributed by atoms with Gasteiger partial charge in [0, 0.05) is 0 Å². The Hall–Kier alpha value is -1.13. The normalized spacial score (nSPS) is 14.2. The highest BCUT2D eigenvalue weighted by Gasteiger charge is 2.28. The van der Waals surface area contributed by atoms with Crippen LogP contribution in [0.3, 0.4) is 0 Å². The molecule has 1 amide bonds. The number of amides is 1. The molecule has 108 valence electrons. The molecule has 0 saturated heterocycles. The van der Waals surface area contributed by atoms with Crippen molar-refractivity contribution in [1.82, 2.24) is 5.32 Å². The van der Waals surface area contributed by atoms with E-state index in [0.29, 0.717) is 0 Å². The molecule has 19 heavy (non-hydrogen) atoms. The van der Waals surface area contributed by atoms with Crippen LogP contribution in [0.4, 0.5) is 4.39 Å². The topological polar surface area (TPSA) is 55.1 Å². The van der Waals surface area contributed by atoms with Gasteiger partial charge in [-0.15, -0.1) is 12.4 Å². The van der Waals surface area contributed by atoms with E-state index in [9.17, 15) is 9.18 Å². The number of carbonyl (C=O) groups is 1. The maximum absolute atomic E-state index is 12.9. The number of nitrogens with one attached hydrogen (secondary N) is 1. The lowest BCUT2D eigenvalue weighted by atomic mass is 9.82. The molecule has 0 bridgehead atoms. The molecular formula is C14H22ClFN2O. The summed E-state index contributed by atoms with van der Waals surface area (Å²) in [7, 11) is 0. The highest BCUT2D eigenvalue weighted by Crippen LogP contribution is 2.32. The number of benzene rings is 1. The summed E-state index contributed by atoms with van der Waals surface area (Å²) in [6.07, 6.45) is 0. The number of halogens is 2. The summed E-state index contributed by atoms with van der Waals surface area (Å²) in [6.45, 7) is 7.69. The Morgan fingerprint density at radius 1 is 1.26 bits per heavy atom. The summed E-state index contributed by atoms with van der Waals surface area (Å²) in [5, 5.41) is 2.91. The summed E-state index contributed by atoms with van der Waals surface area (Å²) in [5.74, 6) is -0.496. The third-order valence-electron chi connectivity index (χ3n) is 2.77. The molecule has 0 aliphatic rings. The van der Waals surface area contributed by atoms with Gasteiger partial charge in [-0.05, 0) is 30.0 Å². The molecule has 0 fully saturated rings. The third kappa shape index (κ3) is 5.17. The second kappa shape index (κ2) is 6.87. The van der Waals surface area contributed by atoms with Crippen molar-refractivity contribution in [2.24, 2.45) is 11.1 Å². The van der Waals surface area contributed by atoms with Gasteiger partial charge >= 0.3 is 0 Å². The van der Waals surface area contributed by atoms with E-state index in [1.54, 1.807) is 19.1 Å². The molecule has 0 spiro atoms. The Kier molecular flexibility index (Phi) is 6.46. The molecule has 1 aromatic rings. The Labute approximate surface area is 120 Å². The van der Waals surface area contributed by atoms with Crippen LogP contribution < -0.4 is 11.1 Å². The fourth-order valence-electron chi connectivity index (χ4n) is 1.73. The minimum atomic E-state index is -0.560. The monoisotopic (exact) mass is 288 g/mol. The van der Waals surface area contributed by atoms with E-state index >= 15 is 0 Å². The molecule has 1 rings (SSSR count). The fraction of sp³-hybridized carbons (Fsp3) is 0.500. The molecule has 0 heterocycles. The first-order chi connectivity index (χ1) is 8.21. The molecule has 5 heteroatoms. The van der Waals surface area contributed by atoms with E-state index in [0.717, 1.165) is 5.56 Å². The number of hydrogen-bond donors (Lipinski definition) is 2. The zero-order valence-corrected chi connectivity index (χ0v) is 12.6. The van der Waals surface area contributed by atoms with E-state index < -0.39 is 6.04 Å². The summed E-state index contributed by atoms with van der Waals surface area (Å²) in [4.78, 5) is 11.7. The number of nitrogens with two attached hydrogens (primary N) is 1. The fourth-order valence-corrected chi connectivity index (χ4v) is 1.73. The maximum Gasteiger partial charge on any atom is 0.237 e. The zero-order chi connectivity index (χ0) is 13.9. The van der Waals surface area contributed by atoms with Crippen LogP contribution in [0.1, 0.15) is 39.3 Å². The van der Waals surface area contributed by atoms with Crippen LogP contribution in [0.15, 0.2) is 24.3 Å². The van der Waals surface area contributed by atoms with Gasteiger partial charge in [0.15, 0.2) is 0 Å². The van der Waals surface area contributed by atoms with Gasteiger partial charge in [-0.3, -0.25) is 4.79 Å². The summed E-state index contributed by atoms with van der Waals surface area (Å²) < 4.78 is 12.9. The van der Waals surface area contributed by atoms with Crippen LogP contribution in [0.25, 0.3) is 0 Å². The van der Waals surface area contributed by atoms with Crippen molar-refractivity contribution in [3.63, 3.8) is 0 Å². The van der Waals surface area contributed by atoms with Crippen LogP contribution in [0.5, 0.6) is 0 Å². The van der Waals surface area contributed by atoms with Crippen LogP contribution in [-0.2, 0) is 4.79 Å². The first-order valence-corrected chi connectivity index (χ1v) is 6.03. The van der Waals surface area contributed by atoms with Crippen molar-refractivity contribution in [1.29, 1.82) is 0 Å². The highest BCUT2D eigenvalue weighted by molar-refractivity contribution is 5.85. The molecule has 3 nitrogen and oxygen atoms in total. The Bertz CT molecular complexity index is 412. The van der Waals surface area contributed by atoms with Gasteiger partial charge in [0.25, 0.3) is 0 Å². The smallest absolute Gasteiger partial charge is 0.237 e. The van der Waals surface area contributed by atoms with Crippen molar-refractivity contribution in [3.05, 3.63) is 35.6 Å². The third-order valence-corrected chi connectivity index (χ3v) is 2.77. The van der Waals surface area contributed by atoms with Crippen molar-refractivity contribution in [3.8, 4) is 0 Å². The molecule has 2 atom stereocenters. The summed E-state index contributed by atoms with van der Waals surface area (Å²) in [5.41, 5.74) is 6.25. The molecule has 0 aromatic heterocycles. The lowest BCUT2D eigenvalue weighted by molar-refractivity contribution is -0.123. The summed E-state index contributed by atoms with van der Waals surface area (Å²) >= 11 is 0. The van der Waals surface area contributed by atoms with Gasteiger partial charge < -0.3 is 11.1 Å². The molecule has 0 aliphatic heterocycles. The molecule has 1 aromatic carbocycles. The average Bonchev–Trinajstić information content (AvgIpc) is 2.25. The highest BCUT2D eigenvalue weighted by atomic mass is 35.5. The number of hydrogen-bond acceptors (Lipinski definition) is 2. The quantitative estimate of drug-likeness (QED) is 0.898.